The first-order valence-electron chi connectivity index (χ1n) is 8.35. The lowest BCUT2D eigenvalue weighted by Crippen LogP contribution is -2.25. The normalized spacial score (nSPS) is 16.6. The number of ketones is 2. The van der Waals surface area contributed by atoms with E-state index in [4.69, 9.17) is 4.42 Å². The number of carbonyl (C=O) groups excluding carboxylic acids is 2. The third kappa shape index (κ3) is 1.84. The van der Waals surface area contributed by atoms with Gasteiger partial charge in [0.25, 0.3) is 0 Å². The predicted octanol–water partition coefficient (Wildman–Crippen LogP) is 5.35. The van der Waals surface area contributed by atoms with Gasteiger partial charge in [-0.1, -0.05) is 38.1 Å². The number of rotatable bonds is 1. The third-order valence-electron chi connectivity index (χ3n) is 5.33. The monoisotopic (exact) mass is 320 g/mol. The van der Waals surface area contributed by atoms with Crippen LogP contribution in [-0.4, -0.2) is 11.6 Å². The number of carbonyl (C=O) groups is 2. The molecule has 0 bridgehead atoms. The van der Waals surface area contributed by atoms with E-state index in [-0.39, 0.29) is 17.0 Å². The van der Waals surface area contributed by atoms with Gasteiger partial charge in [0.15, 0.2) is 11.6 Å². The summed E-state index contributed by atoms with van der Waals surface area (Å²) in [4.78, 5) is 25.0. The number of furan rings is 1. The van der Waals surface area contributed by atoms with Crippen molar-refractivity contribution in [1.29, 1.82) is 0 Å². The number of Topliss-reactive ketones (excluding diaryl/α,β-unsaturated/α-hetero) is 2. The van der Waals surface area contributed by atoms with Crippen molar-refractivity contribution >= 4 is 33.3 Å². The van der Waals surface area contributed by atoms with Crippen LogP contribution in [0.3, 0.4) is 0 Å². The summed E-state index contributed by atoms with van der Waals surface area (Å²) in [6.45, 7) is 7.71. The van der Waals surface area contributed by atoms with E-state index in [1.54, 1.807) is 6.92 Å². The van der Waals surface area contributed by atoms with Crippen molar-refractivity contribution in [2.45, 2.75) is 46.0 Å². The molecule has 0 spiro atoms. The Morgan fingerprint density at radius 1 is 1.17 bits per heavy atom. The molecule has 0 unspecified atom stereocenters. The van der Waals surface area contributed by atoms with E-state index in [2.05, 4.69) is 13.8 Å². The summed E-state index contributed by atoms with van der Waals surface area (Å²) >= 11 is 0. The van der Waals surface area contributed by atoms with E-state index in [1.165, 1.54) is 0 Å². The van der Waals surface area contributed by atoms with E-state index in [1.807, 2.05) is 31.2 Å². The molecule has 4 rings (SSSR count). The Balaban J connectivity index is 2.32. The first kappa shape index (κ1) is 15.1. The number of aryl methyl sites for hydroxylation is 1. The van der Waals surface area contributed by atoms with E-state index in [0.717, 1.165) is 33.9 Å². The molecule has 1 aromatic heterocycles. The molecule has 2 aromatic carbocycles. The molecule has 24 heavy (non-hydrogen) atoms. The van der Waals surface area contributed by atoms with Gasteiger partial charge in [0.05, 0.1) is 11.1 Å². The molecule has 0 radical (unpaired) electrons. The number of benzene rings is 2. The van der Waals surface area contributed by atoms with E-state index in [0.29, 0.717) is 23.1 Å². The standard InChI is InChI=1S/C21H20O3/c1-11-13-7-5-6-8-14(13)17-18-15(23)9-10-21(3,4)20(18)24-19(17)16(11)12(2)22/h5-8H,9-10H2,1-4H3. The maximum Gasteiger partial charge on any atom is 0.167 e. The van der Waals surface area contributed by atoms with Gasteiger partial charge in [0.2, 0.25) is 0 Å². The number of fused-ring (bicyclic) bond motifs is 5. The molecule has 0 atom stereocenters. The van der Waals surface area contributed by atoms with Crippen molar-refractivity contribution in [3.63, 3.8) is 0 Å². The van der Waals surface area contributed by atoms with Crippen molar-refractivity contribution < 1.29 is 14.0 Å². The minimum Gasteiger partial charge on any atom is -0.459 e. The van der Waals surface area contributed by atoms with Gasteiger partial charge in [-0.3, -0.25) is 9.59 Å². The van der Waals surface area contributed by atoms with Gasteiger partial charge >= 0.3 is 0 Å². The minimum atomic E-state index is -0.203. The van der Waals surface area contributed by atoms with Crippen LogP contribution in [0.15, 0.2) is 28.7 Å². The third-order valence-corrected chi connectivity index (χ3v) is 5.33. The van der Waals surface area contributed by atoms with Gasteiger partial charge in [0.1, 0.15) is 11.3 Å². The van der Waals surface area contributed by atoms with Crippen LogP contribution < -0.4 is 0 Å². The molecule has 0 N–H and O–H groups in total. The molecule has 3 nitrogen and oxygen atoms in total. The second kappa shape index (κ2) is 4.79. The molecular weight excluding hydrogens is 300 g/mol. The zero-order valence-corrected chi connectivity index (χ0v) is 14.4. The molecule has 0 saturated carbocycles. The van der Waals surface area contributed by atoms with Crippen molar-refractivity contribution in [2.75, 3.05) is 0 Å². The highest BCUT2D eigenvalue weighted by atomic mass is 16.3. The molecular formula is C21H20O3. The van der Waals surface area contributed by atoms with Crippen molar-refractivity contribution in [1.82, 2.24) is 0 Å². The predicted molar refractivity (Wildman–Crippen MR) is 95.1 cm³/mol. The topological polar surface area (TPSA) is 47.3 Å². The van der Waals surface area contributed by atoms with Crippen molar-refractivity contribution in [3.8, 4) is 0 Å². The van der Waals surface area contributed by atoms with Crippen molar-refractivity contribution in [2.24, 2.45) is 0 Å². The summed E-state index contributed by atoms with van der Waals surface area (Å²) in [5.74, 6) is 0.818. The van der Waals surface area contributed by atoms with Gasteiger partial charge in [-0.25, -0.2) is 0 Å². The van der Waals surface area contributed by atoms with E-state index in [9.17, 15) is 9.59 Å². The van der Waals surface area contributed by atoms with Crippen LogP contribution in [0.1, 0.15) is 65.7 Å². The van der Waals surface area contributed by atoms with Crippen LogP contribution >= 0.6 is 0 Å². The molecule has 0 saturated heterocycles. The Morgan fingerprint density at radius 3 is 2.50 bits per heavy atom. The van der Waals surface area contributed by atoms with Gasteiger partial charge < -0.3 is 4.42 Å². The maximum atomic E-state index is 12.7. The zero-order valence-electron chi connectivity index (χ0n) is 14.4. The molecule has 3 heteroatoms. The molecule has 0 fully saturated rings. The Labute approximate surface area is 140 Å². The highest BCUT2D eigenvalue weighted by Gasteiger charge is 2.38. The fourth-order valence-electron chi connectivity index (χ4n) is 4.03. The molecule has 0 amide bonds. The second-order valence-electron chi connectivity index (χ2n) is 7.42. The highest BCUT2D eigenvalue weighted by Crippen LogP contribution is 2.46. The number of hydrogen-bond donors (Lipinski definition) is 0. The summed E-state index contributed by atoms with van der Waals surface area (Å²) in [5, 5.41) is 2.82. The zero-order chi connectivity index (χ0) is 17.2. The molecule has 1 aliphatic carbocycles. The number of hydrogen-bond acceptors (Lipinski definition) is 3. The van der Waals surface area contributed by atoms with Gasteiger partial charge in [-0.15, -0.1) is 0 Å². The largest absolute Gasteiger partial charge is 0.459 e. The smallest absolute Gasteiger partial charge is 0.167 e. The fraction of sp³-hybridized carbons (Fsp3) is 0.333. The van der Waals surface area contributed by atoms with Gasteiger partial charge in [-0.2, -0.15) is 0 Å². The van der Waals surface area contributed by atoms with Crippen molar-refractivity contribution in [3.05, 3.63) is 46.7 Å². The lowest BCUT2D eigenvalue weighted by molar-refractivity contribution is 0.0950. The quantitative estimate of drug-likeness (QED) is 0.568. The van der Waals surface area contributed by atoms with Crippen LogP contribution in [-0.2, 0) is 5.41 Å². The minimum absolute atomic E-state index is 0.0281. The van der Waals surface area contributed by atoms with E-state index >= 15 is 0 Å². The lowest BCUT2D eigenvalue weighted by Gasteiger charge is -2.27. The molecule has 1 heterocycles. The summed E-state index contributed by atoms with van der Waals surface area (Å²) in [6, 6.07) is 7.95. The van der Waals surface area contributed by atoms with Crippen LogP contribution in [0.5, 0.6) is 0 Å². The van der Waals surface area contributed by atoms with Gasteiger partial charge in [0, 0.05) is 17.2 Å². The Bertz CT molecular complexity index is 1030. The summed E-state index contributed by atoms with van der Waals surface area (Å²) in [5.41, 5.74) is 2.57. The van der Waals surface area contributed by atoms with Gasteiger partial charge in [-0.05, 0) is 36.6 Å². The SMILES string of the molecule is CC(=O)c1c(C)c2ccccc2c2c3c(oc12)C(C)(C)CCC3=O. The Hall–Kier alpha value is -2.42. The average molecular weight is 320 g/mol. The first-order valence-corrected chi connectivity index (χ1v) is 8.35. The maximum absolute atomic E-state index is 12.7. The second-order valence-corrected chi connectivity index (χ2v) is 7.42. The van der Waals surface area contributed by atoms with Crippen LogP contribution in [0.4, 0.5) is 0 Å². The van der Waals surface area contributed by atoms with Crippen LogP contribution in [0.25, 0.3) is 21.7 Å². The molecule has 1 aliphatic rings. The molecule has 122 valence electrons. The Kier molecular flexibility index (Phi) is 3.02. The van der Waals surface area contributed by atoms with Crippen LogP contribution in [0.2, 0.25) is 0 Å². The Morgan fingerprint density at radius 2 is 1.83 bits per heavy atom. The van der Waals surface area contributed by atoms with E-state index < -0.39 is 0 Å². The fourth-order valence-corrected chi connectivity index (χ4v) is 4.03. The first-order chi connectivity index (χ1) is 11.3. The lowest BCUT2D eigenvalue weighted by atomic mass is 9.76. The summed E-state index contributed by atoms with van der Waals surface area (Å²) < 4.78 is 6.22. The highest BCUT2D eigenvalue weighted by molar-refractivity contribution is 6.24. The molecule has 0 aliphatic heterocycles. The molecule has 3 aromatic rings. The van der Waals surface area contributed by atoms with Crippen LogP contribution in [0, 0.1) is 6.92 Å². The summed E-state index contributed by atoms with van der Waals surface area (Å²) in [6.07, 6.45) is 1.29. The average Bonchev–Trinajstić information content (AvgIpc) is 2.93. The summed E-state index contributed by atoms with van der Waals surface area (Å²) in [7, 11) is 0.